The van der Waals surface area contributed by atoms with Gasteiger partial charge in [0.1, 0.15) is 0 Å². The Kier molecular flexibility index (Phi) is 5.28. The fourth-order valence-corrected chi connectivity index (χ4v) is 4.98. The Hall–Kier alpha value is -2.17. The SMILES string of the molecule is COc1cccc([Se]C(Cn2ccnc2)c2ccc(F)cc2F)c1. The van der Waals surface area contributed by atoms with Gasteiger partial charge in [0.05, 0.1) is 0 Å². The Morgan fingerprint density at radius 2 is 2.08 bits per heavy atom. The number of hydrogen-bond acceptors (Lipinski definition) is 2. The first-order chi connectivity index (χ1) is 11.7. The number of aromatic nitrogens is 2. The fraction of sp³-hybridized carbons (Fsp3) is 0.167. The average Bonchev–Trinajstić information content (AvgIpc) is 3.07. The van der Waals surface area contributed by atoms with Crippen LogP contribution in [0.5, 0.6) is 5.75 Å². The zero-order valence-corrected chi connectivity index (χ0v) is 14.7. The van der Waals surface area contributed by atoms with E-state index in [9.17, 15) is 8.78 Å². The molecular weight excluding hydrogens is 377 g/mol. The first kappa shape index (κ1) is 16.7. The Morgan fingerprint density at radius 1 is 1.21 bits per heavy atom. The molecule has 1 unspecified atom stereocenters. The molecular formula is C18H16F2N2OSe. The van der Waals surface area contributed by atoms with Crippen molar-refractivity contribution in [3.8, 4) is 5.75 Å². The van der Waals surface area contributed by atoms with Gasteiger partial charge in [0.25, 0.3) is 0 Å². The molecule has 3 aromatic rings. The van der Waals surface area contributed by atoms with Crippen molar-refractivity contribution in [2.75, 3.05) is 7.11 Å². The number of rotatable bonds is 6. The Bertz CT molecular complexity index is 809. The van der Waals surface area contributed by atoms with Crippen LogP contribution in [0, 0.1) is 11.6 Å². The van der Waals surface area contributed by atoms with Crippen molar-refractivity contribution in [1.29, 1.82) is 0 Å². The third-order valence-electron chi connectivity index (χ3n) is 3.56. The van der Waals surface area contributed by atoms with E-state index in [1.807, 2.05) is 35.0 Å². The fourth-order valence-electron chi connectivity index (χ4n) is 2.39. The second kappa shape index (κ2) is 7.60. The van der Waals surface area contributed by atoms with Gasteiger partial charge in [-0.15, -0.1) is 0 Å². The van der Waals surface area contributed by atoms with Gasteiger partial charge in [-0.2, -0.15) is 0 Å². The van der Waals surface area contributed by atoms with Gasteiger partial charge in [-0.3, -0.25) is 0 Å². The van der Waals surface area contributed by atoms with Crippen molar-refractivity contribution in [3.05, 3.63) is 78.4 Å². The molecule has 6 heteroatoms. The van der Waals surface area contributed by atoms with E-state index in [0.717, 1.165) is 16.3 Å². The molecule has 0 aliphatic carbocycles. The number of ether oxygens (including phenoxy) is 1. The van der Waals surface area contributed by atoms with Crippen molar-refractivity contribution in [1.82, 2.24) is 9.55 Å². The van der Waals surface area contributed by atoms with Gasteiger partial charge in [-0.05, 0) is 0 Å². The van der Waals surface area contributed by atoms with Crippen molar-refractivity contribution < 1.29 is 13.5 Å². The van der Waals surface area contributed by atoms with E-state index >= 15 is 0 Å². The molecule has 3 nitrogen and oxygen atoms in total. The van der Waals surface area contributed by atoms with Crippen LogP contribution >= 0.6 is 0 Å². The van der Waals surface area contributed by atoms with Gasteiger partial charge in [-0.1, -0.05) is 0 Å². The predicted molar refractivity (Wildman–Crippen MR) is 89.7 cm³/mol. The molecule has 1 heterocycles. The van der Waals surface area contributed by atoms with E-state index in [1.165, 1.54) is 12.1 Å². The van der Waals surface area contributed by atoms with Crippen LogP contribution in [-0.2, 0) is 6.54 Å². The van der Waals surface area contributed by atoms with Crippen LogP contribution in [0.15, 0.2) is 61.2 Å². The normalized spacial score (nSPS) is 12.1. The van der Waals surface area contributed by atoms with Crippen molar-refractivity contribution >= 4 is 19.4 Å². The van der Waals surface area contributed by atoms with Crippen LogP contribution in [0.25, 0.3) is 0 Å². The second-order valence-corrected chi connectivity index (χ2v) is 7.89. The van der Waals surface area contributed by atoms with E-state index in [4.69, 9.17) is 4.74 Å². The van der Waals surface area contributed by atoms with Crippen LogP contribution in [0.3, 0.4) is 0 Å². The minimum absolute atomic E-state index is 0.0581. The first-order valence-electron chi connectivity index (χ1n) is 7.37. The molecule has 2 aromatic carbocycles. The van der Waals surface area contributed by atoms with Gasteiger partial charge in [0.15, 0.2) is 0 Å². The molecule has 0 aliphatic heterocycles. The summed E-state index contributed by atoms with van der Waals surface area (Å²) in [5.74, 6) is -0.299. The van der Waals surface area contributed by atoms with Gasteiger partial charge < -0.3 is 0 Å². The number of hydrogen-bond donors (Lipinski definition) is 0. The molecule has 3 rings (SSSR count). The molecule has 1 atom stereocenters. The summed E-state index contributed by atoms with van der Waals surface area (Å²) in [5.41, 5.74) is 0.521. The number of halogens is 2. The van der Waals surface area contributed by atoms with E-state index in [-0.39, 0.29) is 19.8 Å². The molecule has 0 aliphatic rings. The summed E-state index contributed by atoms with van der Waals surface area (Å²) < 4.78 is 35.8. The van der Waals surface area contributed by atoms with Crippen LogP contribution in [0.1, 0.15) is 10.4 Å². The number of imidazole rings is 1. The minimum atomic E-state index is -0.563. The molecule has 0 bridgehead atoms. The summed E-state index contributed by atoms with van der Waals surface area (Å²) in [4.78, 5) is 3.95. The third kappa shape index (κ3) is 4.02. The Balaban J connectivity index is 1.91. The zero-order chi connectivity index (χ0) is 16.9. The number of methoxy groups -OCH3 is 1. The Labute approximate surface area is 145 Å². The summed E-state index contributed by atoms with van der Waals surface area (Å²) in [5, 5.41) is 0. The number of nitrogens with zero attached hydrogens (tertiary/aromatic N) is 2. The average molecular weight is 393 g/mol. The first-order valence-corrected chi connectivity index (χ1v) is 9.21. The molecule has 124 valence electrons. The summed E-state index contributed by atoms with van der Waals surface area (Å²) in [6.07, 6.45) is 5.24. The van der Waals surface area contributed by atoms with Crippen LogP contribution in [0.2, 0.25) is 0 Å². The molecule has 0 spiro atoms. The topological polar surface area (TPSA) is 27.1 Å². The summed E-state index contributed by atoms with van der Waals surface area (Å²) >= 11 is -0.0581. The molecule has 1 aromatic heterocycles. The molecule has 0 saturated heterocycles. The van der Waals surface area contributed by atoms with Gasteiger partial charge in [0.2, 0.25) is 0 Å². The van der Waals surface area contributed by atoms with Gasteiger partial charge in [-0.25, -0.2) is 0 Å². The molecule has 0 fully saturated rings. The maximum absolute atomic E-state index is 14.3. The second-order valence-electron chi connectivity index (χ2n) is 5.21. The predicted octanol–water partition coefficient (Wildman–Crippen LogP) is 2.94. The monoisotopic (exact) mass is 394 g/mol. The maximum atomic E-state index is 14.3. The molecule has 0 saturated carbocycles. The zero-order valence-electron chi connectivity index (χ0n) is 13.0. The van der Waals surface area contributed by atoms with Crippen molar-refractivity contribution in [3.63, 3.8) is 0 Å². The third-order valence-corrected chi connectivity index (χ3v) is 6.11. The van der Waals surface area contributed by atoms with Crippen molar-refractivity contribution in [2.24, 2.45) is 0 Å². The summed E-state index contributed by atoms with van der Waals surface area (Å²) in [6, 6.07) is 11.6. The summed E-state index contributed by atoms with van der Waals surface area (Å²) in [6.45, 7) is 0.583. The quantitative estimate of drug-likeness (QED) is 0.603. The molecule has 0 amide bonds. The molecule has 0 N–H and O–H groups in total. The van der Waals surface area contributed by atoms with E-state index in [1.54, 1.807) is 19.6 Å². The standard InChI is InChI=1S/C18H16F2N2OSe/c1-23-14-3-2-4-15(10-14)24-18(11-22-8-7-21-12-22)16-6-5-13(19)9-17(16)20/h2-10,12,18H,11H2,1H3. The van der Waals surface area contributed by atoms with Gasteiger partial charge in [0, 0.05) is 0 Å². The Morgan fingerprint density at radius 3 is 2.79 bits per heavy atom. The van der Waals surface area contributed by atoms with E-state index < -0.39 is 11.6 Å². The van der Waals surface area contributed by atoms with Crippen LogP contribution < -0.4 is 9.20 Å². The van der Waals surface area contributed by atoms with Gasteiger partial charge >= 0.3 is 145 Å². The van der Waals surface area contributed by atoms with E-state index in [2.05, 4.69) is 4.98 Å². The van der Waals surface area contributed by atoms with Crippen LogP contribution in [-0.4, -0.2) is 31.6 Å². The molecule has 0 radical (unpaired) electrons. The van der Waals surface area contributed by atoms with E-state index in [0.29, 0.717) is 12.1 Å². The van der Waals surface area contributed by atoms with Crippen molar-refractivity contribution in [2.45, 2.75) is 11.4 Å². The summed E-state index contributed by atoms with van der Waals surface area (Å²) in [7, 11) is 1.62. The molecule has 24 heavy (non-hydrogen) atoms. The number of benzene rings is 2. The van der Waals surface area contributed by atoms with Crippen LogP contribution in [0.4, 0.5) is 8.78 Å².